The molecule has 0 aliphatic heterocycles. The molecule has 4 rings (SSSR count). The van der Waals surface area contributed by atoms with Crippen LogP contribution in [0, 0.1) is 5.92 Å². The van der Waals surface area contributed by atoms with E-state index in [9.17, 15) is 9.59 Å². The number of amides is 2. The SMILES string of the molecule is CN(C(=O)OC(C)(C)C)C1c2ccccc2CC1CNC(=O)c1cc2sc(Cl)c(Cl)c2[nH]1. The summed E-state index contributed by atoms with van der Waals surface area (Å²) in [4.78, 5) is 30.3. The quantitative estimate of drug-likeness (QED) is 0.464. The molecule has 2 heterocycles. The second kappa shape index (κ2) is 8.61. The van der Waals surface area contributed by atoms with Gasteiger partial charge in [-0.2, -0.15) is 0 Å². The number of fused-ring (bicyclic) bond motifs is 2. The molecular weight excluding hydrogens is 469 g/mol. The van der Waals surface area contributed by atoms with Gasteiger partial charge in [-0.15, -0.1) is 11.3 Å². The van der Waals surface area contributed by atoms with Gasteiger partial charge in [0.1, 0.15) is 15.6 Å². The molecule has 1 aliphatic carbocycles. The van der Waals surface area contributed by atoms with Crippen LogP contribution in [0.3, 0.4) is 0 Å². The topological polar surface area (TPSA) is 74.4 Å². The molecule has 0 fully saturated rings. The Labute approximate surface area is 200 Å². The molecular formula is C23H25Cl2N3O3S. The van der Waals surface area contributed by atoms with Gasteiger partial charge in [0.2, 0.25) is 0 Å². The maximum Gasteiger partial charge on any atom is 0.410 e. The van der Waals surface area contributed by atoms with Gasteiger partial charge in [-0.1, -0.05) is 47.5 Å². The predicted molar refractivity (Wildman–Crippen MR) is 129 cm³/mol. The van der Waals surface area contributed by atoms with Gasteiger partial charge < -0.3 is 19.9 Å². The molecule has 2 unspecified atom stereocenters. The van der Waals surface area contributed by atoms with Crippen LogP contribution in [-0.2, 0) is 11.2 Å². The first kappa shape index (κ1) is 23.0. The average Bonchev–Trinajstić information content (AvgIpc) is 3.37. The average molecular weight is 494 g/mol. The lowest BCUT2D eigenvalue weighted by molar-refractivity contribution is 0.0175. The highest BCUT2D eigenvalue weighted by Crippen LogP contribution is 2.41. The number of aromatic nitrogens is 1. The number of rotatable bonds is 4. The van der Waals surface area contributed by atoms with E-state index < -0.39 is 5.60 Å². The smallest absolute Gasteiger partial charge is 0.410 e. The number of nitrogens with zero attached hydrogens (tertiary/aromatic N) is 1. The minimum Gasteiger partial charge on any atom is -0.444 e. The monoisotopic (exact) mass is 493 g/mol. The van der Waals surface area contributed by atoms with Gasteiger partial charge in [-0.25, -0.2) is 4.79 Å². The van der Waals surface area contributed by atoms with E-state index in [1.807, 2.05) is 39.0 Å². The van der Waals surface area contributed by atoms with Crippen molar-refractivity contribution in [3.8, 4) is 0 Å². The fourth-order valence-electron chi connectivity index (χ4n) is 4.17. The van der Waals surface area contributed by atoms with Crippen LogP contribution in [0.1, 0.15) is 48.4 Å². The lowest BCUT2D eigenvalue weighted by atomic mass is 9.99. The molecule has 0 bridgehead atoms. The Morgan fingerprint density at radius 3 is 2.69 bits per heavy atom. The van der Waals surface area contributed by atoms with E-state index in [0.29, 0.717) is 27.1 Å². The van der Waals surface area contributed by atoms with E-state index in [1.165, 1.54) is 16.9 Å². The Balaban J connectivity index is 1.50. The predicted octanol–water partition coefficient (Wildman–Crippen LogP) is 6.05. The van der Waals surface area contributed by atoms with Crippen molar-refractivity contribution in [1.29, 1.82) is 0 Å². The van der Waals surface area contributed by atoms with Crippen LogP contribution in [0.2, 0.25) is 9.36 Å². The lowest BCUT2D eigenvalue weighted by Gasteiger charge is -2.32. The third-order valence-corrected chi connectivity index (χ3v) is 7.48. The summed E-state index contributed by atoms with van der Waals surface area (Å²) in [5.74, 6) is -0.210. The van der Waals surface area contributed by atoms with Gasteiger partial charge in [-0.3, -0.25) is 4.79 Å². The number of hydrogen-bond acceptors (Lipinski definition) is 4. The van der Waals surface area contributed by atoms with E-state index in [2.05, 4.69) is 16.4 Å². The minimum absolute atomic E-state index is 0.0166. The van der Waals surface area contributed by atoms with Gasteiger partial charge in [0, 0.05) is 19.5 Å². The van der Waals surface area contributed by atoms with Gasteiger partial charge >= 0.3 is 6.09 Å². The fraction of sp³-hybridized carbons (Fsp3) is 0.391. The molecule has 6 nitrogen and oxygen atoms in total. The molecule has 3 aromatic rings. The van der Waals surface area contributed by atoms with Crippen molar-refractivity contribution in [2.45, 2.75) is 38.8 Å². The summed E-state index contributed by atoms with van der Waals surface area (Å²) in [5, 5.41) is 3.44. The zero-order valence-electron chi connectivity index (χ0n) is 18.3. The van der Waals surface area contributed by atoms with Gasteiger partial charge in [0.25, 0.3) is 5.91 Å². The molecule has 2 aromatic heterocycles. The van der Waals surface area contributed by atoms with Crippen molar-refractivity contribution in [2.24, 2.45) is 5.92 Å². The number of benzene rings is 1. The van der Waals surface area contributed by atoms with E-state index in [0.717, 1.165) is 16.7 Å². The summed E-state index contributed by atoms with van der Waals surface area (Å²) in [6.07, 6.45) is 0.377. The van der Waals surface area contributed by atoms with Gasteiger partial charge in [0.15, 0.2) is 0 Å². The second-order valence-corrected chi connectivity index (χ2v) is 11.1. The third-order valence-electron chi connectivity index (χ3n) is 5.54. The van der Waals surface area contributed by atoms with Crippen molar-refractivity contribution in [3.63, 3.8) is 0 Å². The molecule has 2 amide bonds. The number of nitrogens with one attached hydrogen (secondary N) is 2. The van der Waals surface area contributed by atoms with Crippen molar-refractivity contribution < 1.29 is 14.3 Å². The summed E-state index contributed by atoms with van der Waals surface area (Å²) in [6, 6.07) is 9.62. The molecule has 0 saturated carbocycles. The van der Waals surface area contributed by atoms with Crippen molar-refractivity contribution in [3.05, 3.63) is 56.5 Å². The van der Waals surface area contributed by atoms with Crippen LogP contribution in [-0.4, -0.2) is 41.1 Å². The maximum absolute atomic E-state index is 12.8. The highest BCUT2D eigenvalue weighted by atomic mass is 35.5. The van der Waals surface area contributed by atoms with E-state index in [1.54, 1.807) is 18.0 Å². The van der Waals surface area contributed by atoms with Crippen LogP contribution in [0.15, 0.2) is 30.3 Å². The maximum atomic E-state index is 12.8. The third kappa shape index (κ3) is 4.47. The van der Waals surface area contributed by atoms with Gasteiger partial charge in [-0.05, 0) is 44.4 Å². The van der Waals surface area contributed by atoms with Crippen LogP contribution >= 0.6 is 34.5 Å². The molecule has 170 valence electrons. The number of hydrogen-bond donors (Lipinski definition) is 2. The molecule has 1 aromatic carbocycles. The number of thiophene rings is 1. The Kier molecular flexibility index (Phi) is 6.18. The number of carbonyl (C=O) groups is 2. The minimum atomic E-state index is -0.585. The summed E-state index contributed by atoms with van der Waals surface area (Å²) >= 11 is 13.6. The van der Waals surface area contributed by atoms with Crippen molar-refractivity contribution in [1.82, 2.24) is 15.2 Å². The van der Waals surface area contributed by atoms with Crippen LogP contribution in [0.25, 0.3) is 10.2 Å². The second-order valence-electron chi connectivity index (χ2n) is 9.02. The van der Waals surface area contributed by atoms with Crippen LogP contribution < -0.4 is 5.32 Å². The summed E-state index contributed by atoms with van der Waals surface area (Å²) in [7, 11) is 1.75. The molecule has 2 N–H and O–H groups in total. The highest BCUT2D eigenvalue weighted by molar-refractivity contribution is 7.23. The zero-order valence-corrected chi connectivity index (χ0v) is 20.6. The lowest BCUT2D eigenvalue weighted by Crippen LogP contribution is -2.41. The first-order chi connectivity index (χ1) is 15.0. The summed E-state index contributed by atoms with van der Waals surface area (Å²) in [6.45, 7) is 5.95. The fourth-order valence-corrected chi connectivity index (χ4v) is 5.65. The standard InChI is InChI=1S/C23H25Cl2N3O3S/c1-23(2,3)31-22(30)28(4)19-13(9-12-7-5-6-8-14(12)19)11-26-21(29)15-10-16-18(27-15)17(24)20(25)32-16/h5-8,10,13,19,27H,9,11H2,1-4H3,(H,26,29). The first-order valence-electron chi connectivity index (χ1n) is 10.3. The van der Waals surface area contributed by atoms with E-state index in [4.69, 9.17) is 27.9 Å². The Bertz CT molecular complexity index is 1180. The molecule has 2 atom stereocenters. The molecule has 0 radical (unpaired) electrons. The highest BCUT2D eigenvalue weighted by Gasteiger charge is 2.38. The Morgan fingerprint density at radius 2 is 2.00 bits per heavy atom. The van der Waals surface area contributed by atoms with Gasteiger partial charge in [0.05, 0.1) is 21.3 Å². The molecule has 1 aliphatic rings. The zero-order chi connectivity index (χ0) is 23.2. The van der Waals surface area contributed by atoms with Crippen molar-refractivity contribution in [2.75, 3.05) is 13.6 Å². The van der Waals surface area contributed by atoms with E-state index in [-0.39, 0.29) is 24.0 Å². The summed E-state index contributed by atoms with van der Waals surface area (Å²) < 4.78 is 6.92. The molecule has 32 heavy (non-hydrogen) atoms. The molecule has 9 heteroatoms. The largest absolute Gasteiger partial charge is 0.444 e. The van der Waals surface area contributed by atoms with E-state index >= 15 is 0 Å². The van der Waals surface area contributed by atoms with Crippen LogP contribution in [0.4, 0.5) is 4.79 Å². The number of ether oxygens (including phenoxy) is 1. The number of H-pyrrole nitrogens is 1. The normalized spacial score (nSPS) is 17.9. The number of carbonyl (C=O) groups excluding carboxylic acids is 2. The molecule has 0 spiro atoms. The van der Waals surface area contributed by atoms with Crippen LogP contribution in [0.5, 0.6) is 0 Å². The number of aromatic amines is 1. The summed E-state index contributed by atoms with van der Waals surface area (Å²) in [5.41, 5.74) is 2.77. The van der Waals surface area contributed by atoms with Crippen molar-refractivity contribution >= 4 is 56.8 Å². The Hall–Kier alpha value is -2.22. The Morgan fingerprint density at radius 1 is 1.28 bits per heavy atom. The first-order valence-corrected chi connectivity index (χ1v) is 11.9. The molecule has 0 saturated heterocycles. The number of halogens is 2.